The molecule has 3 aromatic rings. The lowest BCUT2D eigenvalue weighted by atomic mass is 9.53. The molecular formula is C31H35N5O. The molecule has 3 heterocycles. The van der Waals surface area contributed by atoms with Gasteiger partial charge in [0.05, 0.1) is 22.7 Å². The molecule has 37 heavy (non-hydrogen) atoms. The number of hydrogen-bond acceptors (Lipinski definition) is 5. The molecule has 0 bridgehead atoms. The minimum absolute atomic E-state index is 0.0302. The van der Waals surface area contributed by atoms with Gasteiger partial charge in [0.1, 0.15) is 0 Å². The van der Waals surface area contributed by atoms with E-state index in [1.165, 1.54) is 11.1 Å². The number of fused-ring (bicyclic) bond motifs is 3. The van der Waals surface area contributed by atoms with Crippen LogP contribution in [0.5, 0.6) is 0 Å². The predicted octanol–water partition coefficient (Wildman–Crippen LogP) is 5.42. The summed E-state index contributed by atoms with van der Waals surface area (Å²) in [5, 5.41) is 16.2. The van der Waals surface area contributed by atoms with E-state index in [2.05, 4.69) is 68.5 Å². The quantitative estimate of drug-likeness (QED) is 0.507. The second-order valence-electron chi connectivity index (χ2n) is 11.4. The van der Waals surface area contributed by atoms with Crippen molar-refractivity contribution in [3.05, 3.63) is 89.0 Å². The number of aromatic nitrogens is 4. The molecule has 3 aromatic heterocycles. The Labute approximate surface area is 218 Å². The van der Waals surface area contributed by atoms with Gasteiger partial charge in [0.2, 0.25) is 0 Å². The van der Waals surface area contributed by atoms with Crippen LogP contribution in [0.25, 0.3) is 22.3 Å². The highest BCUT2D eigenvalue weighted by Crippen LogP contribution is 2.55. The summed E-state index contributed by atoms with van der Waals surface area (Å²) in [5.74, 6) is 0.417. The topological polar surface area (TPSA) is 89.3 Å². The standard InChI is InChI=1S/C31H35N5O/c1-19-15-25-33-21(3)26-20(2)27(22-9-7-5-6-8-10-22)28(34-29(26)36(25)35-19)23-11-13-24(14-12-23)31(18-32)16-30(4,37)17-31/h5-13,15,22,24,37H,14,16-18,32H2,1-4H3. The minimum atomic E-state index is -0.604. The number of aryl methyl sites for hydroxylation is 3. The molecule has 6 rings (SSSR count). The Bertz CT molecular complexity index is 1540. The summed E-state index contributed by atoms with van der Waals surface area (Å²) in [5.41, 5.74) is 13.7. The first-order valence-corrected chi connectivity index (χ1v) is 13.2. The molecule has 6 heteroatoms. The maximum atomic E-state index is 10.4. The van der Waals surface area contributed by atoms with Gasteiger partial charge in [-0.1, -0.05) is 54.7 Å². The molecule has 6 nitrogen and oxygen atoms in total. The van der Waals surface area contributed by atoms with Crippen LogP contribution < -0.4 is 5.73 Å². The molecule has 3 aliphatic carbocycles. The van der Waals surface area contributed by atoms with Crippen LogP contribution in [0.2, 0.25) is 0 Å². The smallest absolute Gasteiger partial charge is 0.165 e. The van der Waals surface area contributed by atoms with Crippen LogP contribution in [0, 0.1) is 32.1 Å². The molecule has 1 saturated carbocycles. The van der Waals surface area contributed by atoms with Crippen molar-refractivity contribution >= 4 is 22.3 Å². The van der Waals surface area contributed by atoms with Crippen molar-refractivity contribution in [3.8, 4) is 0 Å². The van der Waals surface area contributed by atoms with Crippen molar-refractivity contribution in [1.29, 1.82) is 0 Å². The highest BCUT2D eigenvalue weighted by atomic mass is 16.3. The summed E-state index contributed by atoms with van der Waals surface area (Å²) >= 11 is 0. The Kier molecular flexibility index (Phi) is 5.58. The maximum Gasteiger partial charge on any atom is 0.165 e. The number of rotatable bonds is 4. The summed E-state index contributed by atoms with van der Waals surface area (Å²) in [6.07, 6.45) is 22.0. The van der Waals surface area contributed by atoms with Crippen molar-refractivity contribution in [2.45, 2.75) is 58.5 Å². The maximum absolute atomic E-state index is 10.4. The molecule has 0 radical (unpaired) electrons. The fourth-order valence-electron chi connectivity index (χ4n) is 6.89. The van der Waals surface area contributed by atoms with Crippen molar-refractivity contribution in [1.82, 2.24) is 19.6 Å². The molecule has 0 spiro atoms. The van der Waals surface area contributed by atoms with Crippen molar-refractivity contribution in [3.63, 3.8) is 0 Å². The third-order valence-corrected chi connectivity index (χ3v) is 8.47. The molecule has 190 valence electrons. The van der Waals surface area contributed by atoms with Crippen LogP contribution >= 0.6 is 0 Å². The average Bonchev–Trinajstić information content (AvgIpc) is 3.04. The number of nitrogens with zero attached hydrogens (tertiary/aromatic N) is 4. The zero-order valence-electron chi connectivity index (χ0n) is 22.1. The van der Waals surface area contributed by atoms with Gasteiger partial charge in [0.15, 0.2) is 11.3 Å². The van der Waals surface area contributed by atoms with Crippen LogP contribution in [-0.4, -0.2) is 36.8 Å². The number of nitrogens with two attached hydrogens (primary N) is 1. The number of aliphatic hydroxyl groups is 1. The van der Waals surface area contributed by atoms with Gasteiger partial charge in [-0.2, -0.15) is 9.61 Å². The van der Waals surface area contributed by atoms with Gasteiger partial charge in [-0.25, -0.2) is 9.97 Å². The van der Waals surface area contributed by atoms with E-state index in [1.54, 1.807) is 0 Å². The first-order valence-electron chi connectivity index (χ1n) is 13.2. The largest absolute Gasteiger partial charge is 0.390 e. The Morgan fingerprint density at radius 1 is 1.05 bits per heavy atom. The van der Waals surface area contributed by atoms with E-state index in [1.807, 2.05) is 24.4 Å². The predicted molar refractivity (Wildman–Crippen MR) is 149 cm³/mol. The van der Waals surface area contributed by atoms with Crippen molar-refractivity contribution in [2.24, 2.45) is 17.1 Å². The number of hydrogen-bond donors (Lipinski definition) is 2. The Morgan fingerprint density at radius 2 is 1.78 bits per heavy atom. The number of allylic oxidation sites excluding steroid dienone is 10. The Morgan fingerprint density at radius 3 is 2.41 bits per heavy atom. The third kappa shape index (κ3) is 3.90. The van der Waals surface area contributed by atoms with Crippen LogP contribution in [0.15, 0.2) is 60.8 Å². The van der Waals surface area contributed by atoms with Gasteiger partial charge in [-0.3, -0.25) is 0 Å². The Hall–Kier alpha value is -3.35. The van der Waals surface area contributed by atoms with Gasteiger partial charge < -0.3 is 10.8 Å². The van der Waals surface area contributed by atoms with Gasteiger partial charge in [-0.05, 0) is 81.5 Å². The fourth-order valence-corrected chi connectivity index (χ4v) is 6.89. The van der Waals surface area contributed by atoms with E-state index >= 15 is 0 Å². The Balaban J connectivity index is 1.51. The lowest BCUT2D eigenvalue weighted by molar-refractivity contribution is -0.128. The minimum Gasteiger partial charge on any atom is -0.390 e. The molecule has 0 saturated heterocycles. The van der Waals surface area contributed by atoms with E-state index in [0.717, 1.165) is 58.6 Å². The zero-order chi connectivity index (χ0) is 25.9. The van der Waals surface area contributed by atoms with E-state index in [-0.39, 0.29) is 11.3 Å². The molecule has 0 aromatic carbocycles. The van der Waals surface area contributed by atoms with Gasteiger partial charge in [-0.15, -0.1) is 0 Å². The second kappa shape index (κ2) is 8.61. The van der Waals surface area contributed by atoms with E-state index in [0.29, 0.717) is 12.5 Å². The van der Waals surface area contributed by atoms with Crippen LogP contribution in [0.4, 0.5) is 0 Å². The summed E-state index contributed by atoms with van der Waals surface area (Å²) < 4.78 is 1.88. The highest BCUT2D eigenvalue weighted by Gasteiger charge is 2.53. The van der Waals surface area contributed by atoms with Gasteiger partial charge in [0.25, 0.3) is 0 Å². The van der Waals surface area contributed by atoms with E-state index in [9.17, 15) is 5.11 Å². The van der Waals surface area contributed by atoms with Crippen LogP contribution in [0.1, 0.15) is 60.3 Å². The molecule has 1 fully saturated rings. The summed E-state index contributed by atoms with van der Waals surface area (Å²) in [7, 11) is 0. The first kappa shape index (κ1) is 24.0. The molecule has 3 N–H and O–H groups in total. The fraction of sp³-hybridized carbons (Fsp3) is 0.387. The number of pyridine rings is 1. The summed E-state index contributed by atoms with van der Waals surface area (Å²) in [6, 6.07) is 2.00. The molecule has 0 amide bonds. The molecule has 3 aliphatic rings. The van der Waals surface area contributed by atoms with Crippen LogP contribution in [-0.2, 0) is 0 Å². The van der Waals surface area contributed by atoms with Gasteiger partial charge >= 0.3 is 0 Å². The lowest BCUT2D eigenvalue weighted by Gasteiger charge is -2.55. The van der Waals surface area contributed by atoms with Gasteiger partial charge in [0, 0.05) is 17.4 Å². The zero-order valence-corrected chi connectivity index (χ0v) is 22.1. The average molecular weight is 494 g/mol. The molecular weight excluding hydrogens is 458 g/mol. The van der Waals surface area contributed by atoms with E-state index < -0.39 is 5.60 Å². The lowest BCUT2D eigenvalue weighted by Crippen LogP contribution is -2.57. The molecule has 0 aliphatic heterocycles. The SMILES string of the molecule is Cc1cc2nc(C)c3c(C)c(C4C=CC=CC=C4)c(C4=CCC(C5(CN)CC(C)(O)C5)C=C4)nc3n2n1. The molecule has 1 unspecified atom stereocenters. The van der Waals surface area contributed by atoms with Crippen molar-refractivity contribution < 1.29 is 5.11 Å². The second-order valence-corrected chi connectivity index (χ2v) is 11.4. The normalized spacial score (nSPS) is 27.6. The molecule has 1 atom stereocenters. The van der Waals surface area contributed by atoms with Crippen LogP contribution in [0.3, 0.4) is 0 Å². The summed E-state index contributed by atoms with van der Waals surface area (Å²) in [6.45, 7) is 8.75. The van der Waals surface area contributed by atoms with E-state index in [4.69, 9.17) is 20.8 Å². The summed E-state index contributed by atoms with van der Waals surface area (Å²) in [4.78, 5) is 10.2. The highest BCUT2D eigenvalue weighted by molar-refractivity contribution is 5.89. The first-order chi connectivity index (χ1) is 17.7. The third-order valence-electron chi connectivity index (χ3n) is 8.47. The van der Waals surface area contributed by atoms with Crippen molar-refractivity contribution in [2.75, 3.05) is 6.54 Å². The monoisotopic (exact) mass is 493 g/mol.